The number of anilines is 1. The number of nitrogens with zero attached hydrogens (tertiary/aromatic N) is 3. The van der Waals surface area contributed by atoms with E-state index in [4.69, 9.17) is 11.0 Å². The predicted molar refractivity (Wildman–Crippen MR) is 61.5 cm³/mol. The molecule has 2 rings (SSSR count). The van der Waals surface area contributed by atoms with Gasteiger partial charge in [-0.1, -0.05) is 30.3 Å². The van der Waals surface area contributed by atoms with Crippen molar-refractivity contribution in [2.24, 2.45) is 0 Å². The second-order valence-electron chi connectivity index (χ2n) is 3.52. The summed E-state index contributed by atoms with van der Waals surface area (Å²) in [5, 5.41) is 8.89. The third kappa shape index (κ3) is 2.04. The second kappa shape index (κ2) is 4.49. The molecule has 0 amide bonds. The first kappa shape index (κ1) is 10.2. The Morgan fingerprint density at radius 3 is 2.75 bits per heavy atom. The Balaban J connectivity index is 2.09. The fourth-order valence-electron chi connectivity index (χ4n) is 1.58. The molecule has 2 aromatic rings. The van der Waals surface area contributed by atoms with Gasteiger partial charge in [-0.25, -0.2) is 4.98 Å². The van der Waals surface area contributed by atoms with E-state index in [1.165, 1.54) is 5.56 Å². The molecule has 0 radical (unpaired) electrons. The van der Waals surface area contributed by atoms with Crippen LogP contribution in [0.2, 0.25) is 0 Å². The van der Waals surface area contributed by atoms with Crippen molar-refractivity contribution in [2.45, 2.75) is 13.0 Å². The Kier molecular flexibility index (Phi) is 2.88. The van der Waals surface area contributed by atoms with Crippen molar-refractivity contribution in [3.63, 3.8) is 0 Å². The number of hydrogen-bond acceptors (Lipinski definition) is 3. The molecule has 2 N–H and O–H groups in total. The Labute approximate surface area is 94.0 Å². The fraction of sp³-hybridized carbons (Fsp3) is 0.167. The second-order valence-corrected chi connectivity index (χ2v) is 3.52. The number of imidazole rings is 1. The SMILES string of the molecule is N#Cc1c(N)ncn1CCc1ccccc1. The molecule has 0 bridgehead atoms. The average molecular weight is 212 g/mol. The molecule has 0 aliphatic carbocycles. The molecule has 1 heterocycles. The first-order valence-electron chi connectivity index (χ1n) is 5.06. The molecule has 0 aliphatic heterocycles. The predicted octanol–water partition coefficient (Wildman–Crippen LogP) is 1.58. The van der Waals surface area contributed by atoms with Gasteiger partial charge < -0.3 is 10.3 Å². The van der Waals surface area contributed by atoms with Crippen LogP contribution >= 0.6 is 0 Å². The minimum atomic E-state index is 0.301. The minimum absolute atomic E-state index is 0.301. The van der Waals surface area contributed by atoms with E-state index in [1.54, 1.807) is 10.9 Å². The van der Waals surface area contributed by atoms with Gasteiger partial charge in [0.15, 0.2) is 11.5 Å². The Hall–Kier alpha value is -2.28. The van der Waals surface area contributed by atoms with E-state index in [9.17, 15) is 0 Å². The van der Waals surface area contributed by atoms with E-state index in [1.807, 2.05) is 18.2 Å². The quantitative estimate of drug-likeness (QED) is 0.839. The van der Waals surface area contributed by atoms with E-state index in [0.717, 1.165) is 13.0 Å². The summed E-state index contributed by atoms with van der Waals surface area (Å²) in [6, 6.07) is 12.2. The van der Waals surface area contributed by atoms with Gasteiger partial charge in [-0.3, -0.25) is 0 Å². The van der Waals surface area contributed by atoms with Crippen molar-refractivity contribution in [3.8, 4) is 6.07 Å². The molecule has 16 heavy (non-hydrogen) atoms. The van der Waals surface area contributed by atoms with Crippen LogP contribution in [0.5, 0.6) is 0 Å². The third-order valence-corrected chi connectivity index (χ3v) is 2.46. The van der Waals surface area contributed by atoms with Gasteiger partial charge >= 0.3 is 0 Å². The number of benzene rings is 1. The van der Waals surface area contributed by atoms with E-state index in [2.05, 4.69) is 23.2 Å². The highest BCUT2D eigenvalue weighted by Crippen LogP contribution is 2.09. The molecule has 1 aromatic heterocycles. The molecule has 1 aromatic carbocycles. The van der Waals surface area contributed by atoms with Crippen LogP contribution < -0.4 is 5.73 Å². The van der Waals surface area contributed by atoms with Crippen LogP contribution in [0.15, 0.2) is 36.7 Å². The summed E-state index contributed by atoms with van der Waals surface area (Å²) < 4.78 is 1.78. The third-order valence-electron chi connectivity index (χ3n) is 2.46. The van der Waals surface area contributed by atoms with Gasteiger partial charge in [0.05, 0.1) is 6.33 Å². The van der Waals surface area contributed by atoms with Crippen LogP contribution in [0.1, 0.15) is 11.3 Å². The topological polar surface area (TPSA) is 67.6 Å². The molecule has 0 spiro atoms. The molecular weight excluding hydrogens is 200 g/mol. The highest BCUT2D eigenvalue weighted by molar-refractivity contribution is 5.43. The Morgan fingerprint density at radius 2 is 2.06 bits per heavy atom. The van der Waals surface area contributed by atoms with Crippen molar-refractivity contribution in [1.29, 1.82) is 5.26 Å². The van der Waals surface area contributed by atoms with Crippen LogP contribution in [0.3, 0.4) is 0 Å². The van der Waals surface area contributed by atoms with Gasteiger partial charge in [0, 0.05) is 6.54 Å². The van der Waals surface area contributed by atoms with E-state index in [-0.39, 0.29) is 0 Å². The van der Waals surface area contributed by atoms with Crippen molar-refractivity contribution in [1.82, 2.24) is 9.55 Å². The fourth-order valence-corrected chi connectivity index (χ4v) is 1.58. The first-order valence-corrected chi connectivity index (χ1v) is 5.06. The molecule has 4 nitrogen and oxygen atoms in total. The molecule has 0 atom stereocenters. The highest BCUT2D eigenvalue weighted by Gasteiger charge is 2.06. The molecular formula is C12H12N4. The Morgan fingerprint density at radius 1 is 1.31 bits per heavy atom. The van der Waals surface area contributed by atoms with Crippen molar-refractivity contribution in [3.05, 3.63) is 47.9 Å². The number of nitrogens with two attached hydrogens (primary N) is 1. The van der Waals surface area contributed by atoms with Gasteiger partial charge in [0.25, 0.3) is 0 Å². The largest absolute Gasteiger partial charge is 0.381 e. The zero-order chi connectivity index (χ0) is 11.4. The lowest BCUT2D eigenvalue weighted by atomic mass is 10.1. The summed E-state index contributed by atoms with van der Waals surface area (Å²) in [6.45, 7) is 0.719. The van der Waals surface area contributed by atoms with Crippen LogP contribution in [0.4, 0.5) is 5.82 Å². The maximum atomic E-state index is 8.89. The summed E-state index contributed by atoms with van der Waals surface area (Å²) in [5.74, 6) is 0.301. The standard InChI is InChI=1S/C12H12N4/c13-8-11-12(14)15-9-16(11)7-6-10-4-2-1-3-5-10/h1-5,9H,6-7,14H2. The number of aromatic nitrogens is 2. The van der Waals surface area contributed by atoms with Gasteiger partial charge in [0.1, 0.15) is 6.07 Å². The maximum Gasteiger partial charge on any atom is 0.164 e. The lowest BCUT2D eigenvalue weighted by molar-refractivity contribution is 0.688. The van der Waals surface area contributed by atoms with Crippen LogP contribution in [-0.4, -0.2) is 9.55 Å². The summed E-state index contributed by atoms with van der Waals surface area (Å²) in [5.41, 5.74) is 7.24. The molecule has 0 fully saturated rings. The van der Waals surface area contributed by atoms with E-state index >= 15 is 0 Å². The molecule has 0 unspecified atom stereocenters. The summed E-state index contributed by atoms with van der Waals surface area (Å²) >= 11 is 0. The Bertz CT molecular complexity index is 508. The monoisotopic (exact) mass is 212 g/mol. The average Bonchev–Trinajstić information content (AvgIpc) is 2.68. The molecule has 4 heteroatoms. The zero-order valence-corrected chi connectivity index (χ0v) is 8.80. The smallest absolute Gasteiger partial charge is 0.164 e. The van der Waals surface area contributed by atoms with E-state index in [0.29, 0.717) is 11.5 Å². The lowest BCUT2D eigenvalue weighted by Crippen LogP contribution is -2.03. The number of nitriles is 1. The van der Waals surface area contributed by atoms with Gasteiger partial charge in [-0.05, 0) is 12.0 Å². The molecule has 80 valence electrons. The van der Waals surface area contributed by atoms with Crippen molar-refractivity contribution in [2.75, 3.05) is 5.73 Å². The number of aryl methyl sites for hydroxylation is 2. The molecule has 0 saturated heterocycles. The number of nitrogen functional groups attached to an aromatic ring is 1. The first-order chi connectivity index (χ1) is 7.81. The zero-order valence-electron chi connectivity index (χ0n) is 8.80. The highest BCUT2D eigenvalue weighted by atomic mass is 15.1. The van der Waals surface area contributed by atoms with Gasteiger partial charge in [0.2, 0.25) is 0 Å². The molecule has 0 aliphatic rings. The van der Waals surface area contributed by atoms with Crippen molar-refractivity contribution >= 4 is 5.82 Å². The molecule has 0 saturated carbocycles. The van der Waals surface area contributed by atoms with Gasteiger partial charge in [-0.15, -0.1) is 0 Å². The van der Waals surface area contributed by atoms with Crippen LogP contribution in [-0.2, 0) is 13.0 Å². The van der Waals surface area contributed by atoms with Crippen LogP contribution in [0.25, 0.3) is 0 Å². The van der Waals surface area contributed by atoms with E-state index < -0.39 is 0 Å². The lowest BCUT2D eigenvalue weighted by Gasteiger charge is -2.03. The normalized spacial score (nSPS) is 9.94. The minimum Gasteiger partial charge on any atom is -0.381 e. The summed E-state index contributed by atoms with van der Waals surface area (Å²) in [6.07, 6.45) is 2.47. The number of rotatable bonds is 3. The summed E-state index contributed by atoms with van der Waals surface area (Å²) in [7, 11) is 0. The maximum absolute atomic E-state index is 8.89. The number of hydrogen-bond donors (Lipinski definition) is 1. The van der Waals surface area contributed by atoms with Crippen LogP contribution in [0, 0.1) is 11.3 Å². The summed E-state index contributed by atoms with van der Waals surface area (Å²) in [4.78, 5) is 3.92. The van der Waals surface area contributed by atoms with Crippen molar-refractivity contribution < 1.29 is 0 Å². The van der Waals surface area contributed by atoms with Gasteiger partial charge in [-0.2, -0.15) is 5.26 Å².